The van der Waals surface area contributed by atoms with Gasteiger partial charge in [-0.05, 0) is 17.7 Å². The SMILES string of the molecule is Nc1ccc(CSc2ncc[nH]2)cc1F. The number of aromatic amines is 1. The Morgan fingerprint density at radius 1 is 1.47 bits per heavy atom. The fourth-order valence-corrected chi connectivity index (χ4v) is 1.91. The summed E-state index contributed by atoms with van der Waals surface area (Å²) in [5.41, 5.74) is 6.45. The maximum absolute atomic E-state index is 13.1. The van der Waals surface area contributed by atoms with Crippen molar-refractivity contribution >= 4 is 17.4 Å². The van der Waals surface area contributed by atoms with Crippen molar-refractivity contribution in [1.29, 1.82) is 0 Å². The zero-order chi connectivity index (χ0) is 10.7. The normalized spacial score (nSPS) is 10.5. The number of benzene rings is 1. The van der Waals surface area contributed by atoms with Crippen LogP contribution in [0.4, 0.5) is 10.1 Å². The fourth-order valence-electron chi connectivity index (χ4n) is 1.14. The van der Waals surface area contributed by atoms with E-state index < -0.39 is 0 Å². The van der Waals surface area contributed by atoms with Crippen LogP contribution >= 0.6 is 11.8 Å². The van der Waals surface area contributed by atoms with E-state index in [1.54, 1.807) is 18.5 Å². The molecule has 0 spiro atoms. The van der Waals surface area contributed by atoms with Gasteiger partial charge in [0.05, 0.1) is 5.69 Å². The lowest BCUT2D eigenvalue weighted by atomic mass is 10.2. The second-order valence-corrected chi connectivity index (χ2v) is 4.00. The first kappa shape index (κ1) is 10.0. The number of hydrogen-bond acceptors (Lipinski definition) is 3. The number of imidazole rings is 1. The number of thioether (sulfide) groups is 1. The lowest BCUT2D eigenvalue weighted by Gasteiger charge is -2.01. The summed E-state index contributed by atoms with van der Waals surface area (Å²) in [4.78, 5) is 7.03. The van der Waals surface area contributed by atoms with Crippen molar-refractivity contribution in [3.8, 4) is 0 Å². The molecule has 1 heterocycles. The Morgan fingerprint density at radius 2 is 2.33 bits per heavy atom. The maximum atomic E-state index is 13.1. The number of nitrogens with zero attached hydrogens (tertiary/aromatic N) is 1. The molecular formula is C10H10FN3S. The first-order chi connectivity index (χ1) is 7.25. The molecule has 0 saturated carbocycles. The van der Waals surface area contributed by atoms with E-state index in [0.717, 1.165) is 10.7 Å². The third-order valence-corrected chi connectivity index (χ3v) is 2.89. The quantitative estimate of drug-likeness (QED) is 0.620. The Labute approximate surface area is 90.9 Å². The molecule has 1 aromatic heterocycles. The van der Waals surface area contributed by atoms with Gasteiger partial charge in [-0.3, -0.25) is 0 Å². The predicted octanol–water partition coefficient (Wildman–Crippen LogP) is 2.42. The number of rotatable bonds is 3. The standard InChI is InChI=1S/C10H10FN3S/c11-8-5-7(1-2-9(8)12)6-15-10-13-3-4-14-10/h1-5H,6,12H2,(H,13,14). The number of H-pyrrole nitrogens is 1. The lowest BCUT2D eigenvalue weighted by Crippen LogP contribution is -1.91. The Hall–Kier alpha value is -1.49. The van der Waals surface area contributed by atoms with Crippen LogP contribution in [0.1, 0.15) is 5.56 Å². The number of nitrogens with two attached hydrogens (primary N) is 1. The summed E-state index contributed by atoms with van der Waals surface area (Å²) in [6.07, 6.45) is 3.44. The van der Waals surface area contributed by atoms with Gasteiger partial charge in [0.15, 0.2) is 5.16 Å². The maximum Gasteiger partial charge on any atom is 0.165 e. The molecule has 0 saturated heterocycles. The van der Waals surface area contributed by atoms with E-state index in [9.17, 15) is 4.39 Å². The fraction of sp³-hybridized carbons (Fsp3) is 0.100. The molecule has 0 aliphatic carbocycles. The molecular weight excluding hydrogens is 213 g/mol. The third kappa shape index (κ3) is 2.50. The minimum absolute atomic E-state index is 0.182. The number of halogens is 1. The van der Waals surface area contributed by atoms with E-state index in [1.807, 2.05) is 6.07 Å². The highest BCUT2D eigenvalue weighted by atomic mass is 32.2. The number of aromatic nitrogens is 2. The van der Waals surface area contributed by atoms with Crippen LogP contribution in [0.3, 0.4) is 0 Å². The first-order valence-corrected chi connectivity index (χ1v) is 5.40. The average Bonchev–Trinajstić information content (AvgIpc) is 2.73. The second kappa shape index (κ2) is 4.35. The molecule has 0 aliphatic heterocycles. The van der Waals surface area contributed by atoms with Gasteiger partial charge in [0.2, 0.25) is 0 Å². The summed E-state index contributed by atoms with van der Waals surface area (Å²) >= 11 is 1.52. The van der Waals surface area contributed by atoms with E-state index in [4.69, 9.17) is 5.73 Å². The molecule has 0 radical (unpaired) electrons. The van der Waals surface area contributed by atoms with Crippen LogP contribution in [0.25, 0.3) is 0 Å². The van der Waals surface area contributed by atoms with E-state index in [1.165, 1.54) is 17.8 Å². The molecule has 0 amide bonds. The van der Waals surface area contributed by atoms with Crippen LogP contribution in [0, 0.1) is 5.82 Å². The minimum atomic E-state index is -0.368. The molecule has 5 heteroatoms. The number of nitrogens with one attached hydrogen (secondary N) is 1. The molecule has 0 fully saturated rings. The van der Waals surface area contributed by atoms with Gasteiger partial charge in [-0.15, -0.1) is 0 Å². The molecule has 0 bridgehead atoms. The summed E-state index contributed by atoms with van der Waals surface area (Å²) in [5, 5.41) is 0.826. The zero-order valence-corrected chi connectivity index (χ0v) is 8.72. The molecule has 15 heavy (non-hydrogen) atoms. The number of nitrogen functional groups attached to an aromatic ring is 1. The molecule has 0 atom stereocenters. The van der Waals surface area contributed by atoms with Crippen molar-refractivity contribution in [2.24, 2.45) is 0 Å². The minimum Gasteiger partial charge on any atom is -0.396 e. The van der Waals surface area contributed by atoms with Gasteiger partial charge in [0.1, 0.15) is 5.82 Å². The van der Waals surface area contributed by atoms with E-state index in [-0.39, 0.29) is 11.5 Å². The summed E-state index contributed by atoms with van der Waals surface area (Å²) < 4.78 is 13.1. The largest absolute Gasteiger partial charge is 0.396 e. The van der Waals surface area contributed by atoms with Crippen molar-refractivity contribution in [3.63, 3.8) is 0 Å². The molecule has 0 unspecified atom stereocenters. The first-order valence-electron chi connectivity index (χ1n) is 4.42. The molecule has 3 N–H and O–H groups in total. The molecule has 3 nitrogen and oxygen atoms in total. The number of hydrogen-bond donors (Lipinski definition) is 2. The topological polar surface area (TPSA) is 54.7 Å². The van der Waals surface area contributed by atoms with Gasteiger partial charge in [-0.2, -0.15) is 0 Å². The number of anilines is 1. The smallest absolute Gasteiger partial charge is 0.165 e. The highest BCUT2D eigenvalue weighted by Gasteiger charge is 2.01. The van der Waals surface area contributed by atoms with Gasteiger partial charge in [0.25, 0.3) is 0 Å². The van der Waals surface area contributed by atoms with Crippen molar-refractivity contribution in [2.45, 2.75) is 10.9 Å². The third-order valence-electron chi connectivity index (χ3n) is 1.91. The summed E-state index contributed by atoms with van der Waals surface area (Å²) in [6, 6.07) is 4.84. The van der Waals surface area contributed by atoms with E-state index in [0.29, 0.717) is 5.75 Å². The molecule has 1 aromatic carbocycles. The lowest BCUT2D eigenvalue weighted by molar-refractivity contribution is 0.631. The van der Waals surface area contributed by atoms with Crippen molar-refractivity contribution < 1.29 is 4.39 Å². The van der Waals surface area contributed by atoms with Crippen molar-refractivity contribution in [1.82, 2.24) is 9.97 Å². The van der Waals surface area contributed by atoms with Crippen LogP contribution in [0.5, 0.6) is 0 Å². The van der Waals surface area contributed by atoms with E-state index in [2.05, 4.69) is 9.97 Å². The monoisotopic (exact) mass is 223 g/mol. The highest BCUT2D eigenvalue weighted by Crippen LogP contribution is 2.20. The van der Waals surface area contributed by atoms with Gasteiger partial charge < -0.3 is 10.7 Å². The van der Waals surface area contributed by atoms with E-state index >= 15 is 0 Å². The van der Waals surface area contributed by atoms with Crippen molar-refractivity contribution in [2.75, 3.05) is 5.73 Å². The summed E-state index contributed by atoms with van der Waals surface area (Å²) in [7, 11) is 0. The Balaban J connectivity index is 2.02. The Morgan fingerprint density at radius 3 is 3.00 bits per heavy atom. The van der Waals surface area contributed by atoms with Crippen LogP contribution in [-0.4, -0.2) is 9.97 Å². The molecule has 2 rings (SSSR count). The predicted molar refractivity (Wildman–Crippen MR) is 59.0 cm³/mol. The molecule has 2 aromatic rings. The van der Waals surface area contributed by atoms with Crippen LogP contribution < -0.4 is 5.73 Å². The zero-order valence-electron chi connectivity index (χ0n) is 7.90. The van der Waals surface area contributed by atoms with Gasteiger partial charge in [0, 0.05) is 18.1 Å². The Bertz CT molecular complexity index is 442. The van der Waals surface area contributed by atoms with Gasteiger partial charge >= 0.3 is 0 Å². The average molecular weight is 223 g/mol. The molecule has 0 aliphatic rings. The molecule has 78 valence electrons. The highest BCUT2D eigenvalue weighted by molar-refractivity contribution is 7.98. The van der Waals surface area contributed by atoms with Gasteiger partial charge in [-0.25, -0.2) is 9.37 Å². The second-order valence-electron chi connectivity index (χ2n) is 3.04. The van der Waals surface area contributed by atoms with Crippen LogP contribution in [0.15, 0.2) is 35.7 Å². The Kier molecular flexibility index (Phi) is 2.91. The van der Waals surface area contributed by atoms with Crippen molar-refractivity contribution in [3.05, 3.63) is 42.0 Å². The summed E-state index contributed by atoms with van der Waals surface area (Å²) in [5.74, 6) is 0.303. The van der Waals surface area contributed by atoms with Crippen LogP contribution in [-0.2, 0) is 5.75 Å². The van der Waals surface area contributed by atoms with Crippen LogP contribution in [0.2, 0.25) is 0 Å². The summed E-state index contributed by atoms with van der Waals surface area (Å²) in [6.45, 7) is 0. The van der Waals surface area contributed by atoms with Gasteiger partial charge in [-0.1, -0.05) is 17.8 Å².